The van der Waals surface area contributed by atoms with Crippen LogP contribution in [0.5, 0.6) is 0 Å². The lowest BCUT2D eigenvalue weighted by molar-refractivity contribution is -0.125. The maximum atomic E-state index is 11.8. The second-order valence-electron chi connectivity index (χ2n) is 5.30. The Morgan fingerprint density at radius 1 is 1.50 bits per heavy atom. The smallest absolute Gasteiger partial charge is 0.224 e. The lowest BCUT2D eigenvalue weighted by Gasteiger charge is -2.24. The molecule has 0 radical (unpaired) electrons. The van der Waals surface area contributed by atoms with Gasteiger partial charge in [-0.2, -0.15) is 0 Å². The van der Waals surface area contributed by atoms with Gasteiger partial charge in [0.1, 0.15) is 0 Å². The van der Waals surface area contributed by atoms with Crippen LogP contribution in [0.25, 0.3) is 0 Å². The number of hydrogen-bond acceptors (Lipinski definition) is 2. The molecule has 0 aliphatic carbocycles. The molecule has 0 aromatic heterocycles. The van der Waals surface area contributed by atoms with E-state index in [9.17, 15) is 4.79 Å². The number of rotatable bonds is 6. The molecule has 1 atom stereocenters. The van der Waals surface area contributed by atoms with E-state index in [1.54, 1.807) is 0 Å². The summed E-state index contributed by atoms with van der Waals surface area (Å²) in [7, 11) is 0. The van der Waals surface area contributed by atoms with Crippen LogP contribution in [0.15, 0.2) is 0 Å². The minimum atomic E-state index is -0.0918. The van der Waals surface area contributed by atoms with Crippen LogP contribution in [0.1, 0.15) is 40.0 Å². The summed E-state index contributed by atoms with van der Waals surface area (Å²) in [6.07, 6.45) is 7.47. The number of carbonyl (C=O) groups is 1. The van der Waals surface area contributed by atoms with Crippen LogP contribution in [-0.2, 0) is 4.79 Å². The summed E-state index contributed by atoms with van der Waals surface area (Å²) in [4.78, 5) is 11.8. The summed E-state index contributed by atoms with van der Waals surface area (Å²) in [5.41, 5.74) is 5.74. The topological polar surface area (TPSA) is 55.1 Å². The summed E-state index contributed by atoms with van der Waals surface area (Å²) in [5.74, 6) is 2.51. The SMILES string of the molecule is C#CCCCNC(=O)C(CN)CC(C)(C)C. The van der Waals surface area contributed by atoms with Crippen molar-refractivity contribution in [3.05, 3.63) is 0 Å². The van der Waals surface area contributed by atoms with E-state index in [1.165, 1.54) is 0 Å². The average molecular weight is 224 g/mol. The molecule has 0 heterocycles. The van der Waals surface area contributed by atoms with E-state index < -0.39 is 0 Å². The zero-order valence-electron chi connectivity index (χ0n) is 10.7. The van der Waals surface area contributed by atoms with Crippen LogP contribution < -0.4 is 11.1 Å². The Morgan fingerprint density at radius 3 is 2.56 bits per heavy atom. The van der Waals surface area contributed by atoms with Crippen molar-refractivity contribution in [1.82, 2.24) is 5.32 Å². The van der Waals surface area contributed by atoms with Gasteiger partial charge >= 0.3 is 0 Å². The Hall–Kier alpha value is -1.01. The first-order chi connectivity index (χ1) is 7.40. The number of hydrogen-bond donors (Lipinski definition) is 2. The zero-order valence-corrected chi connectivity index (χ0v) is 10.7. The number of carbonyl (C=O) groups excluding carboxylic acids is 1. The van der Waals surface area contributed by atoms with Gasteiger partial charge in [-0.25, -0.2) is 0 Å². The van der Waals surface area contributed by atoms with Gasteiger partial charge in [-0.3, -0.25) is 4.79 Å². The highest BCUT2D eigenvalue weighted by molar-refractivity contribution is 5.78. The van der Waals surface area contributed by atoms with E-state index in [2.05, 4.69) is 32.0 Å². The third-order valence-corrected chi connectivity index (χ3v) is 2.31. The minimum Gasteiger partial charge on any atom is -0.356 e. The van der Waals surface area contributed by atoms with Crippen molar-refractivity contribution in [2.45, 2.75) is 40.0 Å². The molecule has 16 heavy (non-hydrogen) atoms. The van der Waals surface area contributed by atoms with Crippen molar-refractivity contribution in [3.63, 3.8) is 0 Å². The Labute approximate surface area is 99.2 Å². The molecule has 0 aromatic carbocycles. The van der Waals surface area contributed by atoms with Crippen molar-refractivity contribution >= 4 is 5.91 Å². The number of terminal acetylenes is 1. The molecule has 0 aliphatic rings. The molecule has 0 fully saturated rings. The molecule has 0 aromatic rings. The first kappa shape index (κ1) is 15.0. The first-order valence-corrected chi connectivity index (χ1v) is 5.82. The standard InChI is InChI=1S/C13H24N2O/c1-5-6-7-8-15-12(16)11(10-14)9-13(2,3)4/h1,11H,6-10,14H2,2-4H3,(H,15,16). The van der Waals surface area contributed by atoms with Gasteiger partial charge in [0.15, 0.2) is 0 Å². The fraction of sp³-hybridized carbons (Fsp3) is 0.769. The molecular weight excluding hydrogens is 200 g/mol. The summed E-state index contributed by atoms with van der Waals surface area (Å²) in [6, 6.07) is 0. The molecule has 0 rings (SSSR count). The fourth-order valence-corrected chi connectivity index (χ4v) is 1.57. The molecule has 1 unspecified atom stereocenters. The van der Waals surface area contributed by atoms with Gasteiger partial charge in [-0.1, -0.05) is 20.8 Å². The Bertz CT molecular complexity index is 248. The van der Waals surface area contributed by atoms with Gasteiger partial charge in [0.2, 0.25) is 5.91 Å². The molecular formula is C13H24N2O. The van der Waals surface area contributed by atoms with Crippen LogP contribution in [0, 0.1) is 23.7 Å². The highest BCUT2D eigenvalue weighted by Crippen LogP contribution is 2.23. The molecule has 3 heteroatoms. The lowest BCUT2D eigenvalue weighted by Crippen LogP contribution is -2.37. The van der Waals surface area contributed by atoms with Crippen LogP contribution in [-0.4, -0.2) is 19.0 Å². The van der Waals surface area contributed by atoms with E-state index in [1.807, 2.05) is 0 Å². The number of amides is 1. The lowest BCUT2D eigenvalue weighted by atomic mass is 9.84. The second-order valence-corrected chi connectivity index (χ2v) is 5.30. The van der Waals surface area contributed by atoms with Crippen LogP contribution in [0.3, 0.4) is 0 Å². The first-order valence-electron chi connectivity index (χ1n) is 5.82. The van der Waals surface area contributed by atoms with E-state index in [-0.39, 0.29) is 17.2 Å². The van der Waals surface area contributed by atoms with Crippen LogP contribution >= 0.6 is 0 Å². The number of unbranched alkanes of at least 4 members (excludes halogenated alkanes) is 1. The Kier molecular flexibility index (Phi) is 6.83. The molecule has 0 spiro atoms. The summed E-state index contributed by atoms with van der Waals surface area (Å²) >= 11 is 0. The van der Waals surface area contributed by atoms with Crippen molar-refractivity contribution in [2.24, 2.45) is 17.1 Å². The molecule has 0 aliphatic heterocycles. The van der Waals surface area contributed by atoms with E-state index in [4.69, 9.17) is 12.2 Å². The van der Waals surface area contributed by atoms with E-state index in [0.717, 1.165) is 12.8 Å². The van der Waals surface area contributed by atoms with Gasteiger partial charge in [-0.15, -0.1) is 12.3 Å². The fourth-order valence-electron chi connectivity index (χ4n) is 1.57. The third kappa shape index (κ3) is 7.30. The van der Waals surface area contributed by atoms with Gasteiger partial charge in [0.05, 0.1) is 5.92 Å². The predicted molar refractivity (Wildman–Crippen MR) is 67.7 cm³/mol. The zero-order chi connectivity index (χ0) is 12.6. The highest BCUT2D eigenvalue weighted by Gasteiger charge is 2.23. The quantitative estimate of drug-likeness (QED) is 0.531. The third-order valence-electron chi connectivity index (χ3n) is 2.31. The van der Waals surface area contributed by atoms with Gasteiger partial charge < -0.3 is 11.1 Å². The molecule has 0 saturated carbocycles. The molecule has 0 saturated heterocycles. The van der Waals surface area contributed by atoms with Gasteiger partial charge in [0, 0.05) is 19.5 Å². The molecule has 1 amide bonds. The average Bonchev–Trinajstić information content (AvgIpc) is 2.19. The second kappa shape index (κ2) is 7.29. The normalized spacial score (nSPS) is 12.9. The molecule has 0 bridgehead atoms. The Balaban J connectivity index is 3.98. The summed E-state index contributed by atoms with van der Waals surface area (Å²) < 4.78 is 0. The van der Waals surface area contributed by atoms with Crippen molar-refractivity contribution in [2.75, 3.05) is 13.1 Å². The molecule has 92 valence electrons. The van der Waals surface area contributed by atoms with E-state index >= 15 is 0 Å². The van der Waals surface area contributed by atoms with Crippen molar-refractivity contribution in [1.29, 1.82) is 0 Å². The maximum absolute atomic E-state index is 11.8. The maximum Gasteiger partial charge on any atom is 0.224 e. The largest absolute Gasteiger partial charge is 0.356 e. The highest BCUT2D eigenvalue weighted by atomic mass is 16.1. The Morgan fingerprint density at radius 2 is 2.12 bits per heavy atom. The monoisotopic (exact) mass is 224 g/mol. The van der Waals surface area contributed by atoms with E-state index in [0.29, 0.717) is 19.5 Å². The van der Waals surface area contributed by atoms with Crippen molar-refractivity contribution < 1.29 is 4.79 Å². The number of nitrogens with one attached hydrogen (secondary N) is 1. The molecule has 3 N–H and O–H groups in total. The number of nitrogens with two attached hydrogens (primary N) is 1. The van der Waals surface area contributed by atoms with Crippen LogP contribution in [0.2, 0.25) is 0 Å². The minimum absolute atomic E-state index is 0.0504. The predicted octanol–water partition coefficient (Wildman–Crippen LogP) is 1.53. The molecule has 3 nitrogen and oxygen atoms in total. The summed E-state index contributed by atoms with van der Waals surface area (Å²) in [6.45, 7) is 7.38. The van der Waals surface area contributed by atoms with Gasteiger partial charge in [0.25, 0.3) is 0 Å². The van der Waals surface area contributed by atoms with Crippen molar-refractivity contribution in [3.8, 4) is 12.3 Å². The van der Waals surface area contributed by atoms with Gasteiger partial charge in [-0.05, 0) is 18.3 Å². The summed E-state index contributed by atoms with van der Waals surface area (Å²) in [5, 5.41) is 2.88. The van der Waals surface area contributed by atoms with Crippen LogP contribution in [0.4, 0.5) is 0 Å².